The second-order valence-corrected chi connectivity index (χ2v) is 8.13. The molecule has 0 bridgehead atoms. The van der Waals surface area contributed by atoms with E-state index >= 15 is 0 Å². The van der Waals surface area contributed by atoms with E-state index in [0.29, 0.717) is 17.9 Å². The molecule has 0 radical (unpaired) electrons. The largest absolute Gasteiger partial charge is 0.496 e. The first-order valence-electron chi connectivity index (χ1n) is 8.66. The van der Waals surface area contributed by atoms with Crippen LogP contribution in [0.15, 0.2) is 41.3 Å². The van der Waals surface area contributed by atoms with E-state index in [1.54, 1.807) is 6.07 Å². The Bertz CT molecular complexity index is 1070. The number of sulfonamides is 1. The number of methoxy groups -OCH3 is 2. The normalized spacial score (nSPS) is 11.7. The number of aromatic nitrogens is 1. The van der Waals surface area contributed by atoms with Crippen molar-refractivity contribution in [3.63, 3.8) is 0 Å². The fourth-order valence-electron chi connectivity index (χ4n) is 3.28. The fraction of sp³-hybridized carbons (Fsp3) is 0.300. The summed E-state index contributed by atoms with van der Waals surface area (Å²) >= 11 is 0. The van der Waals surface area contributed by atoms with Crippen LogP contribution in [0.3, 0.4) is 0 Å². The summed E-state index contributed by atoms with van der Waals surface area (Å²) in [5, 5.41) is 1.11. The van der Waals surface area contributed by atoms with Crippen molar-refractivity contribution in [1.29, 1.82) is 0 Å². The predicted molar refractivity (Wildman–Crippen MR) is 106 cm³/mol. The molecule has 0 atom stereocenters. The highest BCUT2D eigenvalue weighted by Gasteiger charge is 2.22. The van der Waals surface area contributed by atoms with Gasteiger partial charge in [0, 0.05) is 29.2 Å². The highest BCUT2D eigenvalue weighted by Crippen LogP contribution is 2.31. The average Bonchev–Trinajstić information content (AvgIpc) is 2.96. The molecular weight excluding hydrogens is 364 g/mol. The molecule has 1 heterocycles. The summed E-state index contributed by atoms with van der Waals surface area (Å²) < 4.78 is 38.8. The van der Waals surface area contributed by atoms with E-state index in [9.17, 15) is 8.42 Å². The third-order valence-electron chi connectivity index (χ3n) is 4.66. The summed E-state index contributed by atoms with van der Waals surface area (Å²) in [7, 11) is -0.771. The smallest absolute Gasteiger partial charge is 0.244 e. The molecule has 7 heteroatoms. The maximum atomic E-state index is 12.8. The Kier molecular flexibility index (Phi) is 5.43. The molecule has 0 saturated heterocycles. The number of hydrogen-bond donors (Lipinski definition) is 2. The number of hydrogen-bond acceptors (Lipinski definition) is 4. The molecule has 0 amide bonds. The van der Waals surface area contributed by atoms with Gasteiger partial charge in [-0.1, -0.05) is 18.2 Å². The number of para-hydroxylation sites is 1. The molecule has 144 valence electrons. The number of benzene rings is 2. The van der Waals surface area contributed by atoms with Crippen LogP contribution in [-0.2, 0) is 16.4 Å². The van der Waals surface area contributed by atoms with Crippen molar-refractivity contribution in [1.82, 2.24) is 9.71 Å². The summed E-state index contributed by atoms with van der Waals surface area (Å²) in [6.45, 7) is 4.12. The molecule has 3 aromatic rings. The zero-order valence-corrected chi connectivity index (χ0v) is 16.7. The van der Waals surface area contributed by atoms with Gasteiger partial charge in [-0.25, -0.2) is 13.1 Å². The maximum absolute atomic E-state index is 12.8. The molecule has 0 spiro atoms. The average molecular weight is 388 g/mol. The molecule has 2 aromatic carbocycles. The van der Waals surface area contributed by atoms with Crippen LogP contribution in [0.5, 0.6) is 11.5 Å². The molecular formula is C20H24N2O4S. The number of aromatic amines is 1. The standard InChI is InChI=1S/C20H24N2O4S/c1-13-11-19(26-4)20(12-18(13)25-3)27(23,24)21-10-9-15-14(2)22-17-8-6-5-7-16(15)17/h5-8,11-12,21-22H,9-10H2,1-4H3. The lowest BCUT2D eigenvalue weighted by molar-refractivity contribution is 0.390. The summed E-state index contributed by atoms with van der Waals surface area (Å²) in [6.07, 6.45) is 0.584. The first-order valence-corrected chi connectivity index (χ1v) is 10.1. The summed E-state index contributed by atoms with van der Waals surface area (Å²) in [5.41, 5.74) is 4.02. The Morgan fingerprint density at radius 2 is 1.74 bits per heavy atom. The minimum atomic E-state index is -3.74. The molecule has 0 fully saturated rings. The van der Waals surface area contributed by atoms with Gasteiger partial charge in [0.25, 0.3) is 0 Å². The van der Waals surface area contributed by atoms with Gasteiger partial charge in [-0.05, 0) is 43.5 Å². The van der Waals surface area contributed by atoms with Crippen LogP contribution in [0.4, 0.5) is 0 Å². The van der Waals surface area contributed by atoms with Crippen LogP contribution in [0.1, 0.15) is 16.8 Å². The van der Waals surface area contributed by atoms with Gasteiger partial charge in [0.15, 0.2) is 0 Å². The van der Waals surface area contributed by atoms with Gasteiger partial charge < -0.3 is 14.5 Å². The predicted octanol–water partition coefficient (Wildman–Crippen LogP) is 3.32. The third kappa shape index (κ3) is 3.79. The molecule has 0 saturated carbocycles. The van der Waals surface area contributed by atoms with Crippen molar-refractivity contribution < 1.29 is 17.9 Å². The summed E-state index contributed by atoms with van der Waals surface area (Å²) in [4.78, 5) is 3.40. The van der Waals surface area contributed by atoms with Crippen LogP contribution in [0.2, 0.25) is 0 Å². The number of aryl methyl sites for hydroxylation is 2. The van der Waals surface area contributed by atoms with E-state index in [1.165, 1.54) is 20.3 Å². The van der Waals surface area contributed by atoms with Crippen molar-refractivity contribution in [2.24, 2.45) is 0 Å². The van der Waals surface area contributed by atoms with Crippen LogP contribution in [0, 0.1) is 13.8 Å². The Hall–Kier alpha value is -2.51. The van der Waals surface area contributed by atoms with Crippen LogP contribution in [0.25, 0.3) is 10.9 Å². The number of ether oxygens (including phenoxy) is 2. The van der Waals surface area contributed by atoms with Crippen molar-refractivity contribution >= 4 is 20.9 Å². The first-order chi connectivity index (χ1) is 12.9. The van der Waals surface area contributed by atoms with Gasteiger partial charge in [-0.15, -0.1) is 0 Å². The van der Waals surface area contributed by atoms with Crippen molar-refractivity contribution in [3.8, 4) is 11.5 Å². The number of H-pyrrole nitrogens is 1. The van der Waals surface area contributed by atoms with Gasteiger partial charge in [-0.3, -0.25) is 0 Å². The highest BCUT2D eigenvalue weighted by molar-refractivity contribution is 7.89. The van der Waals surface area contributed by atoms with Crippen molar-refractivity contribution in [2.45, 2.75) is 25.2 Å². The lowest BCUT2D eigenvalue weighted by Gasteiger charge is -2.14. The van der Waals surface area contributed by atoms with Gasteiger partial charge in [0.05, 0.1) is 14.2 Å². The molecule has 0 aliphatic carbocycles. The Morgan fingerprint density at radius 1 is 1.04 bits per heavy atom. The van der Waals surface area contributed by atoms with E-state index in [4.69, 9.17) is 9.47 Å². The van der Waals surface area contributed by atoms with E-state index in [2.05, 4.69) is 9.71 Å². The zero-order chi connectivity index (χ0) is 19.6. The lowest BCUT2D eigenvalue weighted by atomic mass is 10.1. The molecule has 0 unspecified atom stereocenters. The van der Waals surface area contributed by atoms with Crippen LogP contribution < -0.4 is 14.2 Å². The molecule has 0 aliphatic rings. The monoisotopic (exact) mass is 388 g/mol. The molecule has 2 N–H and O–H groups in total. The van der Waals surface area contributed by atoms with E-state index in [-0.39, 0.29) is 11.4 Å². The summed E-state index contributed by atoms with van der Waals surface area (Å²) in [5.74, 6) is 0.799. The second kappa shape index (κ2) is 7.62. The maximum Gasteiger partial charge on any atom is 0.244 e. The lowest BCUT2D eigenvalue weighted by Crippen LogP contribution is -2.26. The van der Waals surface area contributed by atoms with Gasteiger partial charge in [-0.2, -0.15) is 0 Å². The fourth-order valence-corrected chi connectivity index (χ4v) is 4.47. The SMILES string of the molecule is COc1cc(S(=O)(=O)NCCc2c(C)[nH]c3ccccc23)c(OC)cc1C. The number of rotatable bonds is 7. The molecule has 1 aromatic heterocycles. The third-order valence-corrected chi connectivity index (χ3v) is 6.15. The second-order valence-electron chi connectivity index (χ2n) is 6.39. The van der Waals surface area contributed by atoms with Gasteiger partial charge >= 0.3 is 0 Å². The minimum Gasteiger partial charge on any atom is -0.496 e. The summed E-state index contributed by atoms with van der Waals surface area (Å²) in [6, 6.07) is 11.2. The van der Waals surface area contributed by atoms with Crippen LogP contribution >= 0.6 is 0 Å². The highest BCUT2D eigenvalue weighted by atomic mass is 32.2. The van der Waals surface area contributed by atoms with Crippen molar-refractivity contribution in [2.75, 3.05) is 20.8 Å². The molecule has 6 nitrogen and oxygen atoms in total. The molecule has 3 rings (SSSR count). The van der Waals surface area contributed by atoms with E-state index < -0.39 is 10.0 Å². The number of fused-ring (bicyclic) bond motifs is 1. The molecule has 27 heavy (non-hydrogen) atoms. The quantitative estimate of drug-likeness (QED) is 0.651. The van der Waals surface area contributed by atoms with Crippen LogP contribution in [-0.4, -0.2) is 34.2 Å². The Labute approximate surface area is 159 Å². The number of nitrogens with one attached hydrogen (secondary N) is 2. The zero-order valence-electron chi connectivity index (χ0n) is 15.9. The molecule has 0 aliphatic heterocycles. The minimum absolute atomic E-state index is 0.0723. The van der Waals surface area contributed by atoms with Crippen molar-refractivity contribution in [3.05, 3.63) is 53.2 Å². The Morgan fingerprint density at radius 3 is 2.44 bits per heavy atom. The van der Waals surface area contributed by atoms with E-state index in [1.807, 2.05) is 38.1 Å². The van der Waals surface area contributed by atoms with Gasteiger partial charge in [0.2, 0.25) is 10.0 Å². The first kappa shape index (κ1) is 19.3. The van der Waals surface area contributed by atoms with E-state index in [0.717, 1.165) is 27.7 Å². The van der Waals surface area contributed by atoms with Gasteiger partial charge in [0.1, 0.15) is 16.4 Å². The Balaban J connectivity index is 1.82. The topological polar surface area (TPSA) is 80.4 Å².